The van der Waals surface area contributed by atoms with Gasteiger partial charge in [0.25, 0.3) is 0 Å². The quantitative estimate of drug-likeness (QED) is 0.608. The molecule has 0 aromatic heterocycles. The molecule has 0 saturated heterocycles. The van der Waals surface area contributed by atoms with E-state index < -0.39 is 0 Å². The molecule has 0 spiro atoms. The van der Waals surface area contributed by atoms with Crippen molar-refractivity contribution in [2.24, 2.45) is 5.41 Å². The van der Waals surface area contributed by atoms with Gasteiger partial charge >= 0.3 is 5.97 Å². The van der Waals surface area contributed by atoms with Crippen molar-refractivity contribution >= 4 is 5.97 Å². The second-order valence-corrected chi connectivity index (χ2v) is 4.29. The number of carbonyl (C=O) groups is 1. The van der Waals surface area contributed by atoms with Gasteiger partial charge in [-0.05, 0) is 24.7 Å². The molecule has 86 valence electrons. The molecule has 0 amide bonds. The number of nitriles is 1. The zero-order valence-corrected chi connectivity index (χ0v) is 10.0. The lowest BCUT2D eigenvalue weighted by molar-refractivity contribution is -0.141. The first kappa shape index (κ1) is 14.0. The van der Waals surface area contributed by atoms with E-state index in [1.54, 1.807) is 0 Å². The molecule has 15 heavy (non-hydrogen) atoms. The average molecular weight is 211 g/mol. The summed E-state index contributed by atoms with van der Waals surface area (Å²) < 4.78 is 4.62. The molecule has 3 nitrogen and oxygen atoms in total. The van der Waals surface area contributed by atoms with Gasteiger partial charge in [0.15, 0.2) is 0 Å². The molecule has 1 unspecified atom stereocenters. The topological polar surface area (TPSA) is 50.1 Å². The van der Waals surface area contributed by atoms with Crippen molar-refractivity contribution in [3.8, 4) is 6.07 Å². The van der Waals surface area contributed by atoms with Crippen molar-refractivity contribution in [2.75, 3.05) is 7.11 Å². The summed E-state index contributed by atoms with van der Waals surface area (Å²) in [6.07, 6.45) is 4.86. The van der Waals surface area contributed by atoms with Crippen molar-refractivity contribution in [1.82, 2.24) is 0 Å². The Morgan fingerprint density at radius 1 is 1.40 bits per heavy atom. The van der Waals surface area contributed by atoms with E-state index in [1.165, 1.54) is 7.11 Å². The Morgan fingerprint density at radius 2 is 2.07 bits per heavy atom. The molecule has 0 fully saturated rings. The lowest BCUT2D eigenvalue weighted by atomic mass is 9.77. The largest absolute Gasteiger partial charge is 0.469 e. The van der Waals surface area contributed by atoms with Crippen LogP contribution in [0.4, 0.5) is 0 Å². The van der Waals surface area contributed by atoms with Crippen molar-refractivity contribution in [2.45, 2.75) is 52.4 Å². The van der Waals surface area contributed by atoms with E-state index in [4.69, 9.17) is 5.26 Å². The number of esters is 1. The third-order valence-corrected chi connectivity index (χ3v) is 2.85. The van der Waals surface area contributed by atoms with Gasteiger partial charge in [0.2, 0.25) is 0 Å². The molecule has 0 radical (unpaired) electrons. The number of hydrogen-bond donors (Lipinski definition) is 0. The fourth-order valence-electron chi connectivity index (χ4n) is 1.84. The van der Waals surface area contributed by atoms with Crippen LogP contribution in [0.1, 0.15) is 52.4 Å². The monoisotopic (exact) mass is 211 g/mol. The number of nitrogens with zero attached hydrogens (tertiary/aromatic N) is 1. The molecular weight excluding hydrogens is 190 g/mol. The maximum atomic E-state index is 11.0. The van der Waals surface area contributed by atoms with Crippen LogP contribution in [0.25, 0.3) is 0 Å². The molecule has 0 saturated carbocycles. The number of rotatable bonds is 7. The number of ether oxygens (including phenoxy) is 1. The first-order valence-electron chi connectivity index (χ1n) is 5.51. The van der Waals surface area contributed by atoms with Crippen molar-refractivity contribution in [3.05, 3.63) is 0 Å². The maximum absolute atomic E-state index is 11.0. The van der Waals surface area contributed by atoms with E-state index >= 15 is 0 Å². The summed E-state index contributed by atoms with van der Waals surface area (Å²) >= 11 is 0. The molecule has 0 aliphatic heterocycles. The Hall–Kier alpha value is -1.04. The minimum atomic E-state index is -0.158. The van der Waals surface area contributed by atoms with Gasteiger partial charge < -0.3 is 4.74 Å². The van der Waals surface area contributed by atoms with Gasteiger partial charge in [-0.1, -0.05) is 20.3 Å². The highest BCUT2D eigenvalue weighted by atomic mass is 16.5. The van der Waals surface area contributed by atoms with Crippen molar-refractivity contribution in [1.29, 1.82) is 5.26 Å². The Bertz CT molecular complexity index is 232. The van der Waals surface area contributed by atoms with Gasteiger partial charge in [-0.25, -0.2) is 0 Å². The van der Waals surface area contributed by atoms with Crippen molar-refractivity contribution in [3.63, 3.8) is 0 Å². The standard InChI is InChI=1S/C12H21NO2/c1-4-7-12(2,8-5-10-13)9-6-11(14)15-3/h4-9H2,1-3H3. The molecule has 0 rings (SSSR count). The van der Waals surface area contributed by atoms with E-state index in [0.29, 0.717) is 12.8 Å². The first-order chi connectivity index (χ1) is 7.08. The highest BCUT2D eigenvalue weighted by molar-refractivity contribution is 5.69. The normalized spacial score (nSPS) is 14.0. The summed E-state index contributed by atoms with van der Waals surface area (Å²) in [5.74, 6) is -0.158. The van der Waals surface area contributed by atoms with Crippen LogP contribution in [0, 0.1) is 16.7 Å². The molecule has 0 N–H and O–H groups in total. The fourth-order valence-corrected chi connectivity index (χ4v) is 1.84. The molecule has 0 heterocycles. The molecule has 0 bridgehead atoms. The van der Waals surface area contributed by atoms with E-state index in [1.807, 2.05) is 0 Å². The van der Waals surface area contributed by atoms with Gasteiger partial charge in [0.1, 0.15) is 0 Å². The van der Waals surface area contributed by atoms with Gasteiger partial charge in [-0.2, -0.15) is 5.26 Å². The smallest absolute Gasteiger partial charge is 0.305 e. The summed E-state index contributed by atoms with van der Waals surface area (Å²) in [5.41, 5.74) is 0.110. The first-order valence-corrected chi connectivity index (χ1v) is 5.51. The Kier molecular flexibility index (Phi) is 6.77. The van der Waals surface area contributed by atoms with Crippen LogP contribution in [0.15, 0.2) is 0 Å². The second-order valence-electron chi connectivity index (χ2n) is 4.29. The Labute approximate surface area is 92.4 Å². The molecule has 3 heteroatoms. The van der Waals surface area contributed by atoms with Crippen LogP contribution >= 0.6 is 0 Å². The van der Waals surface area contributed by atoms with E-state index in [0.717, 1.165) is 25.7 Å². The van der Waals surface area contributed by atoms with Crippen LogP contribution in [-0.4, -0.2) is 13.1 Å². The lowest BCUT2D eigenvalue weighted by Crippen LogP contribution is -2.18. The minimum absolute atomic E-state index is 0.110. The Balaban J connectivity index is 4.12. The SMILES string of the molecule is CCCC(C)(CCC#N)CCC(=O)OC. The van der Waals surface area contributed by atoms with E-state index in [-0.39, 0.29) is 11.4 Å². The average Bonchev–Trinajstić information content (AvgIpc) is 2.24. The lowest BCUT2D eigenvalue weighted by Gasteiger charge is -2.28. The molecule has 0 aliphatic rings. The highest BCUT2D eigenvalue weighted by Gasteiger charge is 2.23. The van der Waals surface area contributed by atoms with Gasteiger partial charge in [0.05, 0.1) is 13.2 Å². The van der Waals surface area contributed by atoms with Crippen molar-refractivity contribution < 1.29 is 9.53 Å². The summed E-state index contributed by atoms with van der Waals surface area (Å²) in [6.45, 7) is 4.28. The second kappa shape index (κ2) is 7.28. The highest BCUT2D eigenvalue weighted by Crippen LogP contribution is 2.34. The zero-order chi connectivity index (χ0) is 11.7. The number of methoxy groups -OCH3 is 1. The summed E-state index contributed by atoms with van der Waals surface area (Å²) in [4.78, 5) is 11.0. The van der Waals surface area contributed by atoms with Crippen LogP contribution in [-0.2, 0) is 9.53 Å². The molecule has 0 aliphatic carbocycles. The molecular formula is C12H21NO2. The maximum Gasteiger partial charge on any atom is 0.305 e. The summed E-state index contributed by atoms with van der Waals surface area (Å²) in [5, 5.41) is 8.58. The van der Waals surface area contributed by atoms with Crippen LogP contribution in [0.3, 0.4) is 0 Å². The van der Waals surface area contributed by atoms with Gasteiger partial charge in [-0.15, -0.1) is 0 Å². The predicted molar refractivity (Wildman–Crippen MR) is 59.1 cm³/mol. The Morgan fingerprint density at radius 3 is 2.53 bits per heavy atom. The van der Waals surface area contributed by atoms with E-state index in [9.17, 15) is 4.79 Å². The van der Waals surface area contributed by atoms with Gasteiger partial charge in [0, 0.05) is 12.8 Å². The van der Waals surface area contributed by atoms with E-state index in [2.05, 4.69) is 24.7 Å². The summed E-state index contributed by atoms with van der Waals surface area (Å²) in [6, 6.07) is 2.17. The molecule has 0 aromatic carbocycles. The summed E-state index contributed by atoms with van der Waals surface area (Å²) in [7, 11) is 1.41. The third-order valence-electron chi connectivity index (χ3n) is 2.85. The zero-order valence-electron chi connectivity index (χ0n) is 10.0. The molecule has 0 aromatic rings. The van der Waals surface area contributed by atoms with Gasteiger partial charge in [-0.3, -0.25) is 4.79 Å². The third kappa shape index (κ3) is 6.11. The minimum Gasteiger partial charge on any atom is -0.469 e. The van der Waals surface area contributed by atoms with Crippen LogP contribution in [0.2, 0.25) is 0 Å². The fraction of sp³-hybridized carbons (Fsp3) is 0.833. The van der Waals surface area contributed by atoms with Crippen LogP contribution in [0.5, 0.6) is 0 Å². The molecule has 1 atom stereocenters. The van der Waals surface area contributed by atoms with Crippen LogP contribution < -0.4 is 0 Å². The number of carbonyl (C=O) groups excluding carboxylic acids is 1. The number of hydrogen-bond acceptors (Lipinski definition) is 3. The predicted octanol–water partition coefficient (Wildman–Crippen LogP) is 3.05.